The van der Waals surface area contributed by atoms with Gasteiger partial charge in [0.05, 0.1) is 11.4 Å². The lowest BCUT2D eigenvalue weighted by molar-refractivity contribution is -0.138. The zero-order valence-corrected chi connectivity index (χ0v) is 15.7. The van der Waals surface area contributed by atoms with E-state index >= 15 is 0 Å². The van der Waals surface area contributed by atoms with Crippen LogP contribution in [0.1, 0.15) is 29.3 Å². The van der Waals surface area contributed by atoms with Crippen LogP contribution in [0.15, 0.2) is 12.1 Å². The predicted octanol–water partition coefficient (Wildman–Crippen LogP) is 4.14. The van der Waals surface area contributed by atoms with Gasteiger partial charge in [-0.1, -0.05) is 11.6 Å². The summed E-state index contributed by atoms with van der Waals surface area (Å²) in [6.07, 6.45) is -4.42. The summed E-state index contributed by atoms with van der Waals surface area (Å²) in [4.78, 5) is 14.7. The number of rotatable bonds is 4. The SMILES string of the molecule is O=C(Cc1[nH]c(=S)n2c1[C@@H]1C[C@]1(c1c(F)ccc(Cl)c1F)C2)NCC(F)(F)F. The third-order valence-electron chi connectivity index (χ3n) is 5.31. The van der Waals surface area contributed by atoms with Crippen LogP contribution in [-0.4, -0.2) is 28.2 Å². The number of fused-ring (bicyclic) bond motifs is 3. The molecule has 1 aliphatic carbocycles. The first-order chi connectivity index (χ1) is 13.0. The van der Waals surface area contributed by atoms with Gasteiger partial charge in [-0.25, -0.2) is 8.78 Å². The molecular weight excluding hydrogens is 425 g/mol. The highest BCUT2D eigenvalue weighted by atomic mass is 35.5. The minimum Gasteiger partial charge on any atom is -0.347 e. The fourth-order valence-corrected chi connectivity index (χ4v) is 4.55. The molecule has 0 radical (unpaired) electrons. The highest BCUT2D eigenvalue weighted by Crippen LogP contribution is 2.67. The van der Waals surface area contributed by atoms with Gasteiger partial charge in [0.25, 0.3) is 0 Å². The van der Waals surface area contributed by atoms with E-state index in [-0.39, 0.29) is 34.2 Å². The Hall–Kier alpha value is -1.94. The van der Waals surface area contributed by atoms with Gasteiger partial charge < -0.3 is 14.9 Å². The Balaban J connectivity index is 1.62. The van der Waals surface area contributed by atoms with Gasteiger partial charge in [-0.3, -0.25) is 4.79 Å². The number of hydrogen-bond acceptors (Lipinski definition) is 2. The van der Waals surface area contributed by atoms with Crippen molar-refractivity contribution in [2.45, 2.75) is 36.9 Å². The molecule has 28 heavy (non-hydrogen) atoms. The third-order valence-corrected chi connectivity index (χ3v) is 5.93. The number of hydrogen-bond donors (Lipinski definition) is 2. The summed E-state index contributed by atoms with van der Waals surface area (Å²) in [6.45, 7) is -1.23. The molecule has 1 aromatic carbocycles. The van der Waals surface area contributed by atoms with Crippen LogP contribution in [0.25, 0.3) is 0 Å². The number of amides is 1. The first kappa shape index (κ1) is 19.4. The van der Waals surface area contributed by atoms with Crippen molar-refractivity contribution in [2.75, 3.05) is 6.54 Å². The number of halogens is 6. The smallest absolute Gasteiger partial charge is 0.347 e. The van der Waals surface area contributed by atoms with E-state index in [9.17, 15) is 26.7 Å². The molecule has 1 saturated carbocycles. The number of H-pyrrole nitrogens is 1. The lowest BCUT2D eigenvalue weighted by Crippen LogP contribution is -2.34. The molecule has 150 valence electrons. The van der Waals surface area contributed by atoms with E-state index < -0.39 is 35.7 Å². The fraction of sp³-hybridized carbons (Fsp3) is 0.412. The summed E-state index contributed by atoms with van der Waals surface area (Å²) < 4.78 is 67.7. The molecule has 1 aliphatic heterocycles. The molecule has 0 bridgehead atoms. The Kier molecular flexibility index (Phi) is 4.35. The molecule has 2 N–H and O–H groups in total. The molecule has 0 unspecified atom stereocenters. The van der Waals surface area contributed by atoms with Crippen LogP contribution in [0.5, 0.6) is 0 Å². The second kappa shape index (κ2) is 6.28. The van der Waals surface area contributed by atoms with Gasteiger partial charge in [-0.15, -0.1) is 0 Å². The molecule has 0 saturated heterocycles. The van der Waals surface area contributed by atoms with E-state index in [0.29, 0.717) is 17.8 Å². The number of nitrogens with one attached hydrogen (secondary N) is 2. The van der Waals surface area contributed by atoms with Gasteiger partial charge in [0.2, 0.25) is 5.91 Å². The topological polar surface area (TPSA) is 49.8 Å². The first-order valence-corrected chi connectivity index (χ1v) is 9.11. The van der Waals surface area contributed by atoms with Gasteiger partial charge in [0.1, 0.15) is 18.2 Å². The molecule has 2 heterocycles. The molecule has 1 fully saturated rings. The number of carbonyl (C=O) groups is 1. The average Bonchev–Trinajstić information content (AvgIpc) is 3.07. The van der Waals surface area contributed by atoms with Crippen molar-refractivity contribution in [1.82, 2.24) is 14.9 Å². The molecule has 2 aliphatic rings. The van der Waals surface area contributed by atoms with Crippen molar-refractivity contribution < 1.29 is 26.7 Å². The van der Waals surface area contributed by atoms with Crippen LogP contribution in [-0.2, 0) is 23.2 Å². The summed E-state index contributed by atoms with van der Waals surface area (Å²) in [5.74, 6) is -2.66. The Morgan fingerprint density at radius 1 is 1.39 bits per heavy atom. The Morgan fingerprint density at radius 3 is 2.79 bits per heavy atom. The number of aromatic nitrogens is 2. The normalized spacial score (nSPS) is 22.7. The molecule has 1 amide bonds. The maximum Gasteiger partial charge on any atom is 0.405 e. The largest absolute Gasteiger partial charge is 0.405 e. The van der Waals surface area contributed by atoms with Crippen molar-refractivity contribution in [3.8, 4) is 0 Å². The number of carbonyl (C=O) groups excluding carboxylic acids is 1. The zero-order valence-electron chi connectivity index (χ0n) is 14.1. The lowest BCUT2D eigenvalue weighted by Gasteiger charge is -2.16. The zero-order chi connectivity index (χ0) is 20.4. The first-order valence-electron chi connectivity index (χ1n) is 8.32. The number of aromatic amines is 1. The second-order valence-electron chi connectivity index (χ2n) is 7.08. The van der Waals surface area contributed by atoms with E-state index in [1.165, 1.54) is 0 Å². The highest BCUT2D eigenvalue weighted by Gasteiger charge is 2.64. The molecule has 4 nitrogen and oxygen atoms in total. The van der Waals surface area contributed by atoms with E-state index in [1.807, 2.05) is 0 Å². The molecular formula is C17H13ClF5N3OS. The van der Waals surface area contributed by atoms with Crippen molar-refractivity contribution >= 4 is 29.7 Å². The Labute approximate surface area is 165 Å². The van der Waals surface area contributed by atoms with E-state index in [4.69, 9.17) is 23.8 Å². The number of alkyl halides is 3. The molecule has 11 heteroatoms. The highest BCUT2D eigenvalue weighted by molar-refractivity contribution is 7.71. The molecule has 2 aromatic rings. The van der Waals surface area contributed by atoms with Crippen LogP contribution < -0.4 is 5.32 Å². The van der Waals surface area contributed by atoms with Gasteiger partial charge in [-0.05, 0) is 30.8 Å². The maximum absolute atomic E-state index is 14.6. The Morgan fingerprint density at radius 2 is 2.11 bits per heavy atom. The van der Waals surface area contributed by atoms with Gasteiger partial charge in [-0.2, -0.15) is 13.2 Å². The summed E-state index contributed by atoms with van der Waals surface area (Å²) >= 11 is 11.0. The van der Waals surface area contributed by atoms with E-state index in [0.717, 1.165) is 12.1 Å². The number of nitrogens with zero attached hydrogens (tertiary/aromatic N) is 1. The summed E-state index contributed by atoms with van der Waals surface area (Å²) in [5.41, 5.74) is -0.00718. The van der Waals surface area contributed by atoms with Crippen LogP contribution in [0.3, 0.4) is 0 Å². The van der Waals surface area contributed by atoms with Gasteiger partial charge in [0, 0.05) is 34.8 Å². The molecule has 1 aromatic heterocycles. The summed E-state index contributed by atoms with van der Waals surface area (Å²) in [7, 11) is 0. The molecule has 2 atom stereocenters. The van der Waals surface area contributed by atoms with E-state index in [1.54, 1.807) is 9.88 Å². The van der Waals surface area contributed by atoms with Crippen LogP contribution in [0.4, 0.5) is 22.0 Å². The van der Waals surface area contributed by atoms with Crippen molar-refractivity contribution in [3.05, 3.63) is 50.5 Å². The van der Waals surface area contributed by atoms with Crippen molar-refractivity contribution in [2.24, 2.45) is 0 Å². The quantitative estimate of drug-likeness (QED) is 0.429. The fourth-order valence-electron chi connectivity index (χ4n) is 4.10. The van der Waals surface area contributed by atoms with Gasteiger partial charge in [0.15, 0.2) is 4.77 Å². The monoisotopic (exact) mass is 437 g/mol. The third kappa shape index (κ3) is 3.02. The van der Waals surface area contributed by atoms with Crippen molar-refractivity contribution in [1.29, 1.82) is 0 Å². The average molecular weight is 438 g/mol. The molecule has 4 rings (SSSR count). The predicted molar refractivity (Wildman–Crippen MR) is 92.8 cm³/mol. The minimum atomic E-state index is -4.52. The van der Waals surface area contributed by atoms with E-state index in [2.05, 4.69) is 4.98 Å². The van der Waals surface area contributed by atoms with Gasteiger partial charge >= 0.3 is 6.18 Å². The summed E-state index contributed by atoms with van der Waals surface area (Å²) in [6, 6.07) is 2.24. The maximum atomic E-state index is 14.6. The van der Waals surface area contributed by atoms with Crippen LogP contribution >= 0.6 is 23.8 Å². The number of benzene rings is 1. The second-order valence-corrected chi connectivity index (χ2v) is 7.87. The standard InChI is InChI=1S/C17H13ClF5N3OS/c18-8-1-2-9(19)12(13(8)20)16-4-7(16)14-10(25-15(28)26(14)6-16)3-11(27)24-5-17(21,22)23/h1-2,7H,3-6H2,(H,24,27)(H,25,28)/t7-,16-/m0/s1. The molecule has 0 spiro atoms. The summed E-state index contributed by atoms with van der Waals surface area (Å²) in [5, 5.41) is 1.61. The van der Waals surface area contributed by atoms with Crippen LogP contribution in [0, 0.1) is 16.4 Å². The lowest BCUT2D eigenvalue weighted by atomic mass is 9.93. The Bertz CT molecular complexity index is 1050. The minimum absolute atomic E-state index is 0.115. The van der Waals surface area contributed by atoms with Crippen LogP contribution in [0.2, 0.25) is 5.02 Å². The van der Waals surface area contributed by atoms with Crippen molar-refractivity contribution in [3.63, 3.8) is 0 Å². The number of imidazole rings is 1.